The third-order valence-electron chi connectivity index (χ3n) is 3.63. The van der Waals surface area contributed by atoms with Gasteiger partial charge in [0, 0.05) is 10.7 Å². The second-order valence-corrected chi connectivity index (χ2v) is 6.72. The molecule has 2 aromatic rings. The SMILES string of the molecule is CCOc1c(Br)cc(C(=O)OCC(=O)Nc2cccc(Cl)c2C)cc1OC. The molecule has 0 saturated carbocycles. The van der Waals surface area contributed by atoms with Gasteiger partial charge < -0.3 is 19.5 Å². The third kappa shape index (κ3) is 5.37. The molecule has 0 radical (unpaired) electrons. The zero-order valence-electron chi connectivity index (χ0n) is 15.1. The summed E-state index contributed by atoms with van der Waals surface area (Å²) < 4.78 is 16.4. The molecular weight excluding hydrogens is 438 g/mol. The van der Waals surface area contributed by atoms with Crippen molar-refractivity contribution in [1.29, 1.82) is 0 Å². The molecule has 0 aliphatic rings. The first-order chi connectivity index (χ1) is 12.9. The molecule has 0 heterocycles. The minimum Gasteiger partial charge on any atom is -0.493 e. The summed E-state index contributed by atoms with van der Waals surface area (Å²) in [6, 6.07) is 8.21. The molecule has 6 nitrogen and oxygen atoms in total. The maximum Gasteiger partial charge on any atom is 0.338 e. The Bertz CT molecular complexity index is 856. The fraction of sp³-hybridized carbons (Fsp3) is 0.263. The highest BCUT2D eigenvalue weighted by molar-refractivity contribution is 9.10. The van der Waals surface area contributed by atoms with Crippen LogP contribution in [0.2, 0.25) is 5.02 Å². The van der Waals surface area contributed by atoms with Crippen molar-refractivity contribution in [2.45, 2.75) is 13.8 Å². The molecule has 0 aliphatic heterocycles. The first-order valence-corrected chi connectivity index (χ1v) is 9.26. The average Bonchev–Trinajstić information content (AvgIpc) is 2.65. The van der Waals surface area contributed by atoms with Crippen molar-refractivity contribution >= 4 is 45.1 Å². The number of rotatable bonds is 7. The largest absolute Gasteiger partial charge is 0.493 e. The predicted octanol–water partition coefficient (Wildman–Crippen LogP) is 4.61. The number of carbonyl (C=O) groups is 2. The van der Waals surface area contributed by atoms with Crippen LogP contribution < -0.4 is 14.8 Å². The van der Waals surface area contributed by atoms with E-state index < -0.39 is 18.5 Å². The van der Waals surface area contributed by atoms with Gasteiger partial charge in [-0.1, -0.05) is 17.7 Å². The highest BCUT2D eigenvalue weighted by Gasteiger charge is 2.17. The predicted molar refractivity (Wildman–Crippen MR) is 107 cm³/mol. The van der Waals surface area contributed by atoms with E-state index in [0.717, 1.165) is 5.56 Å². The van der Waals surface area contributed by atoms with Crippen LogP contribution in [0.25, 0.3) is 0 Å². The topological polar surface area (TPSA) is 73.9 Å². The standard InChI is InChI=1S/C19H19BrClNO5/c1-4-26-18-13(20)8-12(9-16(18)25-3)19(24)27-10-17(23)22-15-7-5-6-14(21)11(15)2/h5-9H,4,10H2,1-3H3,(H,22,23). The summed E-state index contributed by atoms with van der Waals surface area (Å²) in [5, 5.41) is 3.20. The minimum atomic E-state index is -0.657. The summed E-state index contributed by atoms with van der Waals surface area (Å²) >= 11 is 9.36. The van der Waals surface area contributed by atoms with Crippen molar-refractivity contribution in [2.24, 2.45) is 0 Å². The van der Waals surface area contributed by atoms with Crippen LogP contribution in [0.5, 0.6) is 11.5 Å². The normalized spacial score (nSPS) is 10.3. The van der Waals surface area contributed by atoms with Gasteiger partial charge in [0.15, 0.2) is 18.1 Å². The number of hydrogen-bond acceptors (Lipinski definition) is 5. The highest BCUT2D eigenvalue weighted by Crippen LogP contribution is 2.36. The highest BCUT2D eigenvalue weighted by atomic mass is 79.9. The molecule has 0 spiro atoms. The van der Waals surface area contributed by atoms with Crippen LogP contribution in [-0.4, -0.2) is 32.2 Å². The zero-order chi connectivity index (χ0) is 20.0. The van der Waals surface area contributed by atoms with E-state index in [4.69, 9.17) is 25.8 Å². The average molecular weight is 457 g/mol. The van der Waals surface area contributed by atoms with Crippen molar-refractivity contribution < 1.29 is 23.8 Å². The van der Waals surface area contributed by atoms with Gasteiger partial charge in [-0.25, -0.2) is 4.79 Å². The Morgan fingerprint density at radius 2 is 2.00 bits per heavy atom. The molecule has 0 atom stereocenters. The summed E-state index contributed by atoms with van der Waals surface area (Å²) in [7, 11) is 1.47. The number of hydrogen-bond donors (Lipinski definition) is 1. The number of nitrogens with one attached hydrogen (secondary N) is 1. The fourth-order valence-corrected chi connectivity index (χ4v) is 3.00. The monoisotopic (exact) mass is 455 g/mol. The third-order valence-corrected chi connectivity index (χ3v) is 4.63. The van der Waals surface area contributed by atoms with Gasteiger partial charge in [0.1, 0.15) is 0 Å². The smallest absolute Gasteiger partial charge is 0.338 e. The van der Waals surface area contributed by atoms with Gasteiger partial charge >= 0.3 is 5.97 Å². The van der Waals surface area contributed by atoms with Crippen LogP contribution >= 0.6 is 27.5 Å². The number of carbonyl (C=O) groups excluding carboxylic acids is 2. The zero-order valence-corrected chi connectivity index (χ0v) is 17.4. The van der Waals surface area contributed by atoms with Crippen LogP contribution in [0.1, 0.15) is 22.8 Å². The van der Waals surface area contributed by atoms with Crippen LogP contribution in [-0.2, 0) is 9.53 Å². The van der Waals surface area contributed by atoms with Crippen molar-refractivity contribution in [3.8, 4) is 11.5 Å². The van der Waals surface area contributed by atoms with Gasteiger partial charge in [0.25, 0.3) is 5.91 Å². The Balaban J connectivity index is 2.04. The van der Waals surface area contributed by atoms with Gasteiger partial charge in [-0.15, -0.1) is 0 Å². The van der Waals surface area contributed by atoms with Crippen LogP contribution in [0.4, 0.5) is 5.69 Å². The first kappa shape index (κ1) is 21.1. The van der Waals surface area contributed by atoms with E-state index >= 15 is 0 Å². The molecule has 0 saturated heterocycles. The van der Waals surface area contributed by atoms with Crippen molar-refractivity contribution in [2.75, 3.05) is 25.6 Å². The molecule has 1 amide bonds. The quantitative estimate of drug-likeness (QED) is 0.616. The second kappa shape index (κ2) is 9.62. The van der Waals surface area contributed by atoms with Gasteiger partial charge in [-0.05, 0) is 59.6 Å². The summed E-state index contributed by atoms with van der Waals surface area (Å²) in [6.07, 6.45) is 0. The first-order valence-electron chi connectivity index (χ1n) is 8.09. The van der Waals surface area contributed by atoms with Crippen molar-refractivity contribution in [3.63, 3.8) is 0 Å². The van der Waals surface area contributed by atoms with E-state index in [1.54, 1.807) is 31.2 Å². The van der Waals surface area contributed by atoms with E-state index in [-0.39, 0.29) is 5.56 Å². The maximum atomic E-state index is 12.3. The Morgan fingerprint density at radius 1 is 1.26 bits per heavy atom. The van der Waals surface area contributed by atoms with E-state index in [9.17, 15) is 9.59 Å². The number of halogens is 2. The number of amides is 1. The lowest BCUT2D eigenvalue weighted by atomic mass is 10.2. The van der Waals surface area contributed by atoms with Crippen LogP contribution in [0.15, 0.2) is 34.8 Å². The molecule has 2 rings (SSSR count). The van der Waals surface area contributed by atoms with E-state index in [1.807, 2.05) is 6.92 Å². The summed E-state index contributed by atoms with van der Waals surface area (Å²) in [5.41, 5.74) is 1.53. The molecule has 8 heteroatoms. The molecule has 144 valence electrons. The van der Waals surface area contributed by atoms with Crippen molar-refractivity contribution in [3.05, 3.63) is 51.0 Å². The summed E-state index contributed by atoms with van der Waals surface area (Å²) in [5.74, 6) is -0.247. The Hall–Kier alpha value is -2.25. The summed E-state index contributed by atoms with van der Waals surface area (Å²) in [4.78, 5) is 24.3. The van der Waals surface area contributed by atoms with Gasteiger partial charge in [0.2, 0.25) is 0 Å². The Kier molecular flexibility index (Phi) is 7.50. The molecule has 0 unspecified atom stereocenters. The fourth-order valence-electron chi connectivity index (χ4n) is 2.27. The lowest BCUT2D eigenvalue weighted by Crippen LogP contribution is -2.21. The molecule has 0 aromatic heterocycles. The molecule has 27 heavy (non-hydrogen) atoms. The lowest BCUT2D eigenvalue weighted by molar-refractivity contribution is -0.119. The minimum absolute atomic E-state index is 0.230. The number of ether oxygens (including phenoxy) is 3. The van der Waals surface area contributed by atoms with E-state index in [1.165, 1.54) is 13.2 Å². The Labute approximate surface area is 170 Å². The second-order valence-electron chi connectivity index (χ2n) is 5.46. The van der Waals surface area contributed by atoms with Gasteiger partial charge in [-0.2, -0.15) is 0 Å². The van der Waals surface area contributed by atoms with E-state index in [0.29, 0.717) is 33.3 Å². The number of methoxy groups -OCH3 is 1. The number of anilines is 1. The molecule has 0 aliphatic carbocycles. The number of esters is 1. The van der Waals surface area contributed by atoms with Crippen molar-refractivity contribution in [1.82, 2.24) is 0 Å². The molecule has 0 fully saturated rings. The van der Waals surface area contributed by atoms with E-state index in [2.05, 4.69) is 21.2 Å². The van der Waals surface area contributed by atoms with Crippen LogP contribution in [0, 0.1) is 6.92 Å². The molecule has 2 aromatic carbocycles. The lowest BCUT2D eigenvalue weighted by Gasteiger charge is -2.13. The van der Waals surface area contributed by atoms with Gasteiger partial charge in [0.05, 0.1) is 23.8 Å². The number of benzene rings is 2. The molecule has 1 N–H and O–H groups in total. The molecular formula is C19H19BrClNO5. The molecule has 0 bridgehead atoms. The summed E-state index contributed by atoms with van der Waals surface area (Å²) in [6.45, 7) is 3.64. The maximum absolute atomic E-state index is 12.3. The Morgan fingerprint density at radius 3 is 2.67 bits per heavy atom. The van der Waals surface area contributed by atoms with Gasteiger partial charge in [-0.3, -0.25) is 4.79 Å². The van der Waals surface area contributed by atoms with Crippen LogP contribution in [0.3, 0.4) is 0 Å².